The van der Waals surface area contributed by atoms with Crippen molar-refractivity contribution in [3.05, 3.63) is 29.8 Å². The van der Waals surface area contributed by atoms with Crippen LogP contribution >= 0.6 is 0 Å². The van der Waals surface area contributed by atoms with Crippen molar-refractivity contribution in [1.82, 2.24) is 9.62 Å². The van der Waals surface area contributed by atoms with E-state index < -0.39 is 45.3 Å². The fourth-order valence-corrected chi connectivity index (χ4v) is 5.31. The van der Waals surface area contributed by atoms with Crippen LogP contribution < -0.4 is 5.32 Å². The van der Waals surface area contributed by atoms with Crippen molar-refractivity contribution in [2.45, 2.75) is 76.6 Å². The van der Waals surface area contributed by atoms with Gasteiger partial charge in [-0.1, -0.05) is 17.7 Å². The van der Waals surface area contributed by atoms with Crippen LogP contribution in [-0.2, 0) is 24.3 Å². The summed E-state index contributed by atoms with van der Waals surface area (Å²) >= 11 is 0. The van der Waals surface area contributed by atoms with E-state index in [1.807, 2.05) is 6.92 Å². The van der Waals surface area contributed by atoms with Crippen molar-refractivity contribution >= 4 is 22.1 Å². The predicted molar refractivity (Wildman–Crippen MR) is 108 cm³/mol. The zero-order valence-electron chi connectivity index (χ0n) is 18.0. The van der Waals surface area contributed by atoms with E-state index in [0.717, 1.165) is 5.56 Å². The third kappa shape index (κ3) is 5.08. The molecule has 2 rings (SSSR count). The standard InChI is InChI=1S/C20H30N2O6S/c1-8-27-17(23)15(21-18(24)28-19(3,4)5)16-20(6,7)22(16)29(25,26)14-11-9-13(2)10-12-14/h9-12,15-16H,8H2,1-7H3,(H,21,24)/t15-,16+,22?/m1/s1. The Morgan fingerprint density at radius 2 is 1.76 bits per heavy atom. The number of nitrogens with one attached hydrogen (secondary N) is 1. The lowest BCUT2D eigenvalue weighted by atomic mass is 10.0. The highest BCUT2D eigenvalue weighted by molar-refractivity contribution is 7.89. The third-order valence-corrected chi connectivity index (χ3v) is 6.67. The Hall–Kier alpha value is -2.13. The van der Waals surface area contributed by atoms with E-state index in [9.17, 15) is 18.0 Å². The van der Waals surface area contributed by atoms with Gasteiger partial charge in [-0.15, -0.1) is 0 Å². The van der Waals surface area contributed by atoms with Crippen molar-refractivity contribution in [3.8, 4) is 0 Å². The van der Waals surface area contributed by atoms with E-state index in [1.54, 1.807) is 53.7 Å². The van der Waals surface area contributed by atoms with Gasteiger partial charge in [-0.2, -0.15) is 4.31 Å². The van der Waals surface area contributed by atoms with Gasteiger partial charge in [0, 0.05) is 0 Å². The number of hydrogen-bond acceptors (Lipinski definition) is 6. The largest absolute Gasteiger partial charge is 0.464 e. The smallest absolute Gasteiger partial charge is 0.408 e. The van der Waals surface area contributed by atoms with E-state index in [-0.39, 0.29) is 11.5 Å². The molecule has 9 heteroatoms. The molecule has 1 unspecified atom stereocenters. The van der Waals surface area contributed by atoms with Crippen LogP contribution in [0, 0.1) is 6.92 Å². The van der Waals surface area contributed by atoms with Crippen LogP contribution in [0.3, 0.4) is 0 Å². The van der Waals surface area contributed by atoms with E-state index in [0.29, 0.717) is 0 Å². The number of sulfonamides is 1. The highest BCUT2D eigenvalue weighted by atomic mass is 32.2. The van der Waals surface area contributed by atoms with Crippen LogP contribution in [0.2, 0.25) is 0 Å². The van der Waals surface area contributed by atoms with Gasteiger partial charge >= 0.3 is 12.1 Å². The zero-order chi connectivity index (χ0) is 22.2. The molecule has 0 bridgehead atoms. The molecule has 1 saturated heterocycles. The first-order valence-electron chi connectivity index (χ1n) is 9.49. The summed E-state index contributed by atoms with van der Waals surface area (Å²) in [5.41, 5.74) is -0.729. The summed E-state index contributed by atoms with van der Waals surface area (Å²) < 4.78 is 37.9. The minimum Gasteiger partial charge on any atom is -0.464 e. The van der Waals surface area contributed by atoms with Crippen molar-refractivity contribution < 1.29 is 27.5 Å². The topological polar surface area (TPSA) is 102 Å². The highest BCUT2D eigenvalue weighted by Crippen LogP contribution is 2.47. The molecule has 1 aliphatic rings. The van der Waals surface area contributed by atoms with Gasteiger partial charge in [-0.05, 0) is 60.6 Å². The summed E-state index contributed by atoms with van der Waals surface area (Å²) in [5.74, 6) is -0.710. The molecule has 0 radical (unpaired) electrons. The van der Waals surface area contributed by atoms with Crippen molar-refractivity contribution in [2.75, 3.05) is 6.61 Å². The maximum atomic E-state index is 13.2. The molecule has 0 aliphatic carbocycles. The van der Waals surface area contributed by atoms with Crippen LogP contribution in [0.15, 0.2) is 29.2 Å². The molecule has 0 aromatic heterocycles. The number of ether oxygens (including phenoxy) is 2. The minimum absolute atomic E-state index is 0.100. The average Bonchev–Trinajstić information content (AvgIpc) is 3.14. The van der Waals surface area contributed by atoms with Crippen molar-refractivity contribution in [3.63, 3.8) is 0 Å². The van der Waals surface area contributed by atoms with Crippen LogP contribution in [-0.4, -0.2) is 54.6 Å². The van der Waals surface area contributed by atoms with Gasteiger partial charge in [0.2, 0.25) is 10.0 Å². The fourth-order valence-electron chi connectivity index (χ4n) is 3.24. The molecule has 1 amide bonds. The summed E-state index contributed by atoms with van der Waals surface area (Å²) in [5, 5.41) is 2.50. The number of carbonyl (C=O) groups is 2. The second-order valence-corrected chi connectivity index (χ2v) is 10.4. The quantitative estimate of drug-likeness (QED) is 0.554. The molecule has 0 spiro atoms. The molecule has 3 atom stereocenters. The molecule has 29 heavy (non-hydrogen) atoms. The first-order valence-corrected chi connectivity index (χ1v) is 10.9. The van der Waals surface area contributed by atoms with Crippen LogP contribution in [0.4, 0.5) is 4.79 Å². The molecule has 1 fully saturated rings. The lowest BCUT2D eigenvalue weighted by Gasteiger charge is -2.23. The number of amides is 1. The molecule has 162 valence electrons. The number of hydrogen-bond donors (Lipinski definition) is 1. The van der Waals surface area contributed by atoms with Gasteiger partial charge in [0.25, 0.3) is 0 Å². The molecule has 1 N–H and O–H groups in total. The monoisotopic (exact) mass is 426 g/mol. The molecule has 1 aliphatic heterocycles. The van der Waals surface area contributed by atoms with Gasteiger partial charge in [0.1, 0.15) is 11.6 Å². The first kappa shape index (κ1) is 23.2. The first-order chi connectivity index (χ1) is 13.2. The maximum Gasteiger partial charge on any atom is 0.408 e. The Morgan fingerprint density at radius 1 is 1.21 bits per heavy atom. The summed E-state index contributed by atoms with van der Waals surface area (Å²) in [6.07, 6.45) is -0.814. The second kappa shape index (κ2) is 7.95. The molecular weight excluding hydrogens is 396 g/mol. The third-order valence-electron chi connectivity index (χ3n) is 4.58. The van der Waals surface area contributed by atoms with Crippen LogP contribution in [0.5, 0.6) is 0 Å². The molecule has 1 heterocycles. The average molecular weight is 427 g/mol. The normalized spacial score (nSPS) is 21.8. The lowest BCUT2D eigenvalue weighted by Crippen LogP contribution is -2.49. The Bertz CT molecular complexity index is 871. The van der Waals surface area contributed by atoms with Crippen molar-refractivity contribution in [2.24, 2.45) is 0 Å². The van der Waals surface area contributed by atoms with Gasteiger partial charge < -0.3 is 14.8 Å². The Labute approximate surface area is 172 Å². The predicted octanol–water partition coefficient (Wildman–Crippen LogP) is 2.60. The summed E-state index contributed by atoms with van der Waals surface area (Å²) in [7, 11) is -3.87. The molecule has 1 aromatic carbocycles. The van der Waals surface area contributed by atoms with Gasteiger partial charge in [-0.3, -0.25) is 0 Å². The molecule has 0 saturated carbocycles. The van der Waals surface area contributed by atoms with E-state index in [4.69, 9.17) is 9.47 Å². The summed E-state index contributed by atoms with van der Waals surface area (Å²) in [6.45, 7) is 12.1. The van der Waals surface area contributed by atoms with Gasteiger partial charge in [0.05, 0.1) is 23.1 Å². The second-order valence-electron chi connectivity index (χ2n) is 8.59. The van der Waals surface area contributed by atoms with Gasteiger partial charge in [-0.25, -0.2) is 18.0 Å². The Kier molecular flexibility index (Phi) is 6.34. The Balaban J connectivity index is 2.34. The van der Waals surface area contributed by atoms with Gasteiger partial charge in [0.15, 0.2) is 0 Å². The molecular formula is C20H30N2O6S. The molecule has 8 nitrogen and oxygen atoms in total. The number of alkyl carbamates (subject to hydrolysis) is 1. The zero-order valence-corrected chi connectivity index (χ0v) is 18.8. The van der Waals surface area contributed by atoms with E-state index in [2.05, 4.69) is 5.32 Å². The number of rotatable bonds is 6. The van der Waals surface area contributed by atoms with E-state index >= 15 is 0 Å². The number of aryl methyl sites for hydroxylation is 1. The van der Waals surface area contributed by atoms with Crippen molar-refractivity contribution in [1.29, 1.82) is 0 Å². The summed E-state index contributed by atoms with van der Waals surface area (Å²) in [4.78, 5) is 25.0. The fraction of sp³-hybridized carbons (Fsp3) is 0.600. The van der Waals surface area contributed by atoms with Crippen LogP contribution in [0.25, 0.3) is 0 Å². The Morgan fingerprint density at radius 3 is 2.24 bits per heavy atom. The maximum absolute atomic E-state index is 13.2. The SMILES string of the molecule is CCOC(=O)[C@H](NC(=O)OC(C)(C)C)[C@@H]1N(S(=O)(=O)c2ccc(C)cc2)C1(C)C. The summed E-state index contributed by atoms with van der Waals surface area (Å²) in [6, 6.07) is 4.47. The number of benzene rings is 1. The molecule has 1 aromatic rings. The lowest BCUT2D eigenvalue weighted by molar-refractivity contribution is -0.145. The number of carbonyl (C=O) groups excluding carboxylic acids is 2. The highest BCUT2D eigenvalue weighted by Gasteiger charge is 2.67. The number of esters is 1. The van der Waals surface area contributed by atoms with Crippen LogP contribution in [0.1, 0.15) is 47.1 Å². The van der Waals surface area contributed by atoms with E-state index in [1.165, 1.54) is 16.4 Å². The number of nitrogens with zero attached hydrogens (tertiary/aromatic N) is 1. The minimum atomic E-state index is -3.87.